The van der Waals surface area contributed by atoms with Crippen molar-refractivity contribution in [2.45, 2.75) is 6.92 Å². The van der Waals surface area contributed by atoms with Crippen LogP contribution in [0.4, 0.5) is 5.82 Å². The van der Waals surface area contributed by atoms with Crippen LogP contribution in [-0.4, -0.2) is 19.2 Å². The quantitative estimate of drug-likeness (QED) is 0.687. The number of nitrogens with zero attached hydrogens (tertiary/aromatic N) is 4. The average molecular weight is 227 g/mol. The summed E-state index contributed by atoms with van der Waals surface area (Å²) in [5, 5.41) is 4.14. The number of rotatable bonds is 1. The highest BCUT2D eigenvalue weighted by Gasteiger charge is 2.14. The van der Waals surface area contributed by atoms with Crippen LogP contribution in [0.15, 0.2) is 30.5 Å². The molecule has 0 aliphatic heterocycles. The van der Waals surface area contributed by atoms with Gasteiger partial charge in [0.25, 0.3) is 0 Å². The van der Waals surface area contributed by atoms with Gasteiger partial charge in [-0.3, -0.25) is 9.08 Å². The fraction of sp³-hybridized carbons (Fsp3) is 0.167. The Hall–Kier alpha value is -2.30. The lowest BCUT2D eigenvalue weighted by atomic mass is 10.3. The first-order chi connectivity index (χ1) is 8.18. The van der Waals surface area contributed by atoms with E-state index >= 15 is 0 Å². The minimum absolute atomic E-state index is 0.654. The van der Waals surface area contributed by atoms with E-state index in [1.54, 1.807) is 10.9 Å². The van der Waals surface area contributed by atoms with Gasteiger partial charge in [-0.15, -0.1) is 0 Å². The number of fused-ring (bicyclic) bond motifs is 1. The number of pyridine rings is 1. The van der Waals surface area contributed by atoms with Crippen molar-refractivity contribution in [2.75, 3.05) is 5.73 Å². The number of anilines is 1. The Kier molecular flexibility index (Phi) is 1.95. The number of imidazole rings is 1. The Bertz CT molecular complexity index is 692. The molecular weight excluding hydrogens is 214 g/mol. The normalized spacial score (nSPS) is 11.2. The second kappa shape index (κ2) is 3.35. The number of nitrogen functional groups attached to an aromatic ring is 1. The Labute approximate surface area is 98.5 Å². The molecule has 0 fully saturated rings. The van der Waals surface area contributed by atoms with Gasteiger partial charge in [-0.05, 0) is 25.1 Å². The molecule has 0 bridgehead atoms. The van der Waals surface area contributed by atoms with Gasteiger partial charge >= 0.3 is 0 Å². The molecule has 5 nitrogen and oxygen atoms in total. The van der Waals surface area contributed by atoms with Crippen LogP contribution in [0.1, 0.15) is 5.69 Å². The van der Waals surface area contributed by atoms with Crippen LogP contribution in [0, 0.1) is 6.92 Å². The number of aryl methyl sites for hydroxylation is 2. The van der Waals surface area contributed by atoms with Crippen LogP contribution in [-0.2, 0) is 7.05 Å². The summed E-state index contributed by atoms with van der Waals surface area (Å²) in [5.74, 6) is 0.654. The van der Waals surface area contributed by atoms with Crippen molar-refractivity contribution in [2.24, 2.45) is 7.05 Å². The van der Waals surface area contributed by atoms with Crippen LogP contribution in [0.25, 0.3) is 17.0 Å². The minimum atomic E-state index is 0.654. The number of hydrogen-bond acceptors (Lipinski definition) is 3. The number of nitrogens with two attached hydrogens (primary N) is 1. The van der Waals surface area contributed by atoms with Gasteiger partial charge < -0.3 is 5.73 Å². The minimum Gasteiger partial charge on any atom is -0.383 e. The summed E-state index contributed by atoms with van der Waals surface area (Å²) in [4.78, 5) is 4.55. The van der Waals surface area contributed by atoms with E-state index in [9.17, 15) is 0 Å². The van der Waals surface area contributed by atoms with Gasteiger partial charge in [0, 0.05) is 18.9 Å². The predicted octanol–water partition coefficient (Wildman–Crippen LogP) is 1.63. The molecule has 0 aromatic carbocycles. The molecular formula is C12H13N5. The second-order valence-corrected chi connectivity index (χ2v) is 4.05. The molecule has 0 radical (unpaired) electrons. The molecule has 0 atom stereocenters. The molecule has 5 heteroatoms. The van der Waals surface area contributed by atoms with Crippen molar-refractivity contribution in [3.63, 3.8) is 0 Å². The van der Waals surface area contributed by atoms with Crippen molar-refractivity contribution >= 4 is 11.5 Å². The van der Waals surface area contributed by atoms with Gasteiger partial charge in [0.05, 0.1) is 5.69 Å². The highest BCUT2D eigenvalue weighted by atomic mass is 15.3. The maximum Gasteiger partial charge on any atom is 0.139 e. The van der Waals surface area contributed by atoms with E-state index in [-0.39, 0.29) is 0 Å². The van der Waals surface area contributed by atoms with Crippen molar-refractivity contribution < 1.29 is 0 Å². The van der Waals surface area contributed by atoms with E-state index in [2.05, 4.69) is 10.1 Å². The number of aromatic nitrogens is 4. The standard InChI is InChI=1S/C12H13N5/c1-8-4-3-5-10-15-11(12(13)17(8)10)9-6-7-14-16(9)2/h3-7H,13H2,1-2H3. The smallest absolute Gasteiger partial charge is 0.139 e. The zero-order chi connectivity index (χ0) is 12.0. The molecule has 17 heavy (non-hydrogen) atoms. The van der Waals surface area contributed by atoms with Crippen molar-refractivity contribution in [3.05, 3.63) is 36.2 Å². The fourth-order valence-corrected chi connectivity index (χ4v) is 2.08. The summed E-state index contributed by atoms with van der Waals surface area (Å²) in [6, 6.07) is 7.85. The maximum atomic E-state index is 6.16. The van der Waals surface area contributed by atoms with Crippen molar-refractivity contribution in [3.8, 4) is 11.4 Å². The summed E-state index contributed by atoms with van der Waals surface area (Å²) in [6.45, 7) is 2.01. The van der Waals surface area contributed by atoms with E-state index < -0.39 is 0 Å². The fourth-order valence-electron chi connectivity index (χ4n) is 2.08. The SMILES string of the molecule is Cc1cccc2nc(-c3ccnn3C)c(N)n12. The largest absolute Gasteiger partial charge is 0.383 e. The zero-order valence-electron chi connectivity index (χ0n) is 9.75. The molecule has 86 valence electrons. The van der Waals surface area contributed by atoms with Gasteiger partial charge in [0.2, 0.25) is 0 Å². The summed E-state index contributed by atoms with van der Waals surface area (Å²) >= 11 is 0. The molecule has 0 saturated carbocycles. The summed E-state index contributed by atoms with van der Waals surface area (Å²) < 4.78 is 3.72. The first-order valence-corrected chi connectivity index (χ1v) is 5.40. The molecule has 0 spiro atoms. The maximum absolute atomic E-state index is 6.16. The van der Waals surface area contributed by atoms with E-state index in [1.165, 1.54) is 0 Å². The van der Waals surface area contributed by atoms with Gasteiger partial charge in [-0.1, -0.05) is 6.07 Å². The topological polar surface area (TPSA) is 61.1 Å². The third-order valence-corrected chi connectivity index (χ3v) is 2.94. The second-order valence-electron chi connectivity index (χ2n) is 4.05. The molecule has 0 unspecified atom stereocenters. The zero-order valence-corrected chi connectivity index (χ0v) is 9.75. The molecule has 3 aromatic rings. The molecule has 0 saturated heterocycles. The van der Waals surface area contributed by atoms with Crippen LogP contribution >= 0.6 is 0 Å². The Morgan fingerprint density at radius 2 is 2.06 bits per heavy atom. The van der Waals surface area contributed by atoms with Gasteiger partial charge in [-0.25, -0.2) is 4.98 Å². The molecule has 0 aliphatic carbocycles. The third kappa shape index (κ3) is 1.32. The predicted molar refractivity (Wildman–Crippen MR) is 66.5 cm³/mol. The van der Waals surface area contributed by atoms with Crippen LogP contribution in [0.2, 0.25) is 0 Å². The van der Waals surface area contributed by atoms with E-state index in [4.69, 9.17) is 5.73 Å². The average Bonchev–Trinajstić information content (AvgIpc) is 2.84. The Morgan fingerprint density at radius 1 is 1.24 bits per heavy atom. The number of hydrogen-bond donors (Lipinski definition) is 1. The first kappa shape index (κ1) is 9.89. The molecule has 3 heterocycles. The molecule has 2 N–H and O–H groups in total. The van der Waals surface area contributed by atoms with Crippen molar-refractivity contribution in [1.29, 1.82) is 0 Å². The third-order valence-electron chi connectivity index (χ3n) is 2.94. The van der Waals surface area contributed by atoms with E-state index in [1.807, 2.05) is 42.6 Å². The molecule has 3 aromatic heterocycles. The van der Waals surface area contributed by atoms with Gasteiger partial charge in [0.15, 0.2) is 0 Å². The van der Waals surface area contributed by atoms with Crippen LogP contribution in [0.5, 0.6) is 0 Å². The molecule has 3 rings (SSSR count). The Balaban J connectivity index is 2.36. The van der Waals surface area contributed by atoms with Gasteiger partial charge in [0.1, 0.15) is 17.2 Å². The van der Waals surface area contributed by atoms with E-state index in [0.717, 1.165) is 22.7 Å². The monoisotopic (exact) mass is 227 g/mol. The van der Waals surface area contributed by atoms with Crippen LogP contribution < -0.4 is 5.73 Å². The molecule has 0 amide bonds. The summed E-state index contributed by atoms with van der Waals surface area (Å²) in [6.07, 6.45) is 1.74. The van der Waals surface area contributed by atoms with Crippen LogP contribution in [0.3, 0.4) is 0 Å². The van der Waals surface area contributed by atoms with E-state index in [0.29, 0.717) is 5.82 Å². The van der Waals surface area contributed by atoms with Crippen molar-refractivity contribution in [1.82, 2.24) is 19.2 Å². The lowest BCUT2D eigenvalue weighted by Gasteiger charge is -2.02. The lowest BCUT2D eigenvalue weighted by molar-refractivity contribution is 0.774. The lowest BCUT2D eigenvalue weighted by Crippen LogP contribution is -1.99. The van der Waals surface area contributed by atoms with Gasteiger partial charge in [-0.2, -0.15) is 5.10 Å². The summed E-state index contributed by atoms with van der Waals surface area (Å²) in [7, 11) is 1.88. The summed E-state index contributed by atoms with van der Waals surface area (Å²) in [5.41, 5.74) is 9.79. The highest BCUT2D eigenvalue weighted by molar-refractivity contribution is 5.73. The highest BCUT2D eigenvalue weighted by Crippen LogP contribution is 2.26. The first-order valence-electron chi connectivity index (χ1n) is 5.40. The Morgan fingerprint density at radius 3 is 2.71 bits per heavy atom. The molecule has 0 aliphatic rings.